The van der Waals surface area contributed by atoms with Crippen molar-refractivity contribution in [3.63, 3.8) is 0 Å². The van der Waals surface area contributed by atoms with Crippen LogP contribution in [0.3, 0.4) is 0 Å². The number of aryl methyl sites for hydroxylation is 2. The van der Waals surface area contributed by atoms with E-state index < -0.39 is 5.41 Å². The molecule has 0 bridgehead atoms. The lowest BCUT2D eigenvalue weighted by Gasteiger charge is -2.32. The van der Waals surface area contributed by atoms with E-state index in [1.807, 2.05) is 31.7 Å². The Morgan fingerprint density at radius 1 is 1.41 bits per heavy atom. The van der Waals surface area contributed by atoms with E-state index in [-0.39, 0.29) is 5.97 Å². The Morgan fingerprint density at radius 3 is 2.91 bits per heavy atom. The van der Waals surface area contributed by atoms with Gasteiger partial charge in [0.05, 0.1) is 17.7 Å². The molecule has 22 heavy (non-hydrogen) atoms. The molecule has 2 heterocycles. The Balaban J connectivity index is 2.25. The minimum absolute atomic E-state index is 0.143. The van der Waals surface area contributed by atoms with E-state index in [0.29, 0.717) is 13.0 Å². The molecule has 0 aliphatic heterocycles. The third kappa shape index (κ3) is 2.12. The molecule has 0 radical (unpaired) electrons. The van der Waals surface area contributed by atoms with Crippen LogP contribution in [0.4, 0.5) is 0 Å². The molecule has 1 aliphatic rings. The van der Waals surface area contributed by atoms with Crippen molar-refractivity contribution in [3.05, 3.63) is 35.9 Å². The Kier molecular flexibility index (Phi) is 3.72. The van der Waals surface area contributed by atoms with Gasteiger partial charge in [0, 0.05) is 18.6 Å². The normalized spacial score (nSPS) is 21.2. The molecule has 0 saturated heterocycles. The zero-order valence-corrected chi connectivity index (χ0v) is 13.3. The van der Waals surface area contributed by atoms with Crippen LogP contribution >= 0.6 is 0 Å². The van der Waals surface area contributed by atoms with Gasteiger partial charge in [-0.3, -0.25) is 4.79 Å². The molecule has 0 aromatic carbocycles. The monoisotopic (exact) mass is 299 g/mol. The van der Waals surface area contributed by atoms with Gasteiger partial charge in [-0.1, -0.05) is 12.2 Å². The van der Waals surface area contributed by atoms with Crippen LogP contribution in [-0.4, -0.2) is 27.1 Å². The molecule has 5 nitrogen and oxygen atoms in total. The van der Waals surface area contributed by atoms with E-state index in [1.165, 1.54) is 0 Å². The zero-order chi connectivity index (χ0) is 15.7. The molecule has 1 unspecified atom stereocenters. The minimum atomic E-state index is -0.625. The zero-order valence-electron chi connectivity index (χ0n) is 13.3. The molecule has 0 spiro atoms. The van der Waals surface area contributed by atoms with Gasteiger partial charge in [-0.15, -0.1) is 0 Å². The molecule has 1 aliphatic carbocycles. The average molecular weight is 299 g/mol. The van der Waals surface area contributed by atoms with Crippen LogP contribution in [0.25, 0.3) is 11.0 Å². The molecule has 5 heteroatoms. The maximum absolute atomic E-state index is 12.8. The number of allylic oxidation sites excluding steroid dienone is 2. The number of fused-ring (bicyclic) bond motifs is 1. The second-order valence-electron chi connectivity index (χ2n) is 5.83. The van der Waals surface area contributed by atoms with Crippen molar-refractivity contribution in [2.24, 2.45) is 7.05 Å². The number of rotatable bonds is 3. The van der Waals surface area contributed by atoms with Gasteiger partial charge in [0.15, 0.2) is 0 Å². The number of esters is 1. The number of aromatic nitrogens is 3. The summed E-state index contributed by atoms with van der Waals surface area (Å²) in [7, 11) is 1.95. The lowest BCUT2D eigenvalue weighted by molar-refractivity contribution is -0.150. The van der Waals surface area contributed by atoms with Crippen LogP contribution < -0.4 is 0 Å². The van der Waals surface area contributed by atoms with E-state index in [0.717, 1.165) is 35.1 Å². The summed E-state index contributed by atoms with van der Waals surface area (Å²) in [5.41, 5.74) is 2.13. The Bertz CT molecular complexity index is 748. The first-order chi connectivity index (χ1) is 10.6. The fraction of sp³-hybridized carbons (Fsp3) is 0.471. The fourth-order valence-corrected chi connectivity index (χ4v) is 3.37. The third-order valence-corrected chi connectivity index (χ3v) is 4.50. The molecule has 116 valence electrons. The van der Waals surface area contributed by atoms with E-state index in [2.05, 4.69) is 22.1 Å². The summed E-state index contributed by atoms with van der Waals surface area (Å²) in [6.45, 7) is 4.21. The molecular formula is C17H21N3O2. The van der Waals surface area contributed by atoms with Crippen LogP contribution in [0.15, 0.2) is 24.7 Å². The van der Waals surface area contributed by atoms with Crippen LogP contribution in [0.2, 0.25) is 0 Å². The van der Waals surface area contributed by atoms with Crippen LogP contribution in [0.1, 0.15) is 37.4 Å². The Morgan fingerprint density at radius 2 is 2.23 bits per heavy atom. The number of ether oxygens (including phenoxy) is 1. The Hall–Kier alpha value is -2.17. The van der Waals surface area contributed by atoms with Crippen LogP contribution in [0, 0.1) is 6.92 Å². The second kappa shape index (κ2) is 5.55. The number of carbonyl (C=O) groups excluding carboxylic acids is 1. The predicted molar refractivity (Wildman–Crippen MR) is 84.5 cm³/mol. The van der Waals surface area contributed by atoms with Crippen LogP contribution in [-0.2, 0) is 22.0 Å². The van der Waals surface area contributed by atoms with Gasteiger partial charge in [0.1, 0.15) is 12.0 Å². The smallest absolute Gasteiger partial charge is 0.316 e. The second-order valence-corrected chi connectivity index (χ2v) is 5.83. The minimum Gasteiger partial charge on any atom is -0.465 e. The first-order valence-electron chi connectivity index (χ1n) is 7.69. The van der Waals surface area contributed by atoms with Crippen LogP contribution in [0.5, 0.6) is 0 Å². The van der Waals surface area contributed by atoms with Gasteiger partial charge in [0.2, 0.25) is 0 Å². The summed E-state index contributed by atoms with van der Waals surface area (Å²) in [4.78, 5) is 21.5. The molecule has 2 aromatic heterocycles. The number of nitrogens with zero attached hydrogens (tertiary/aromatic N) is 3. The highest BCUT2D eigenvalue weighted by Gasteiger charge is 2.43. The average Bonchev–Trinajstić information content (AvgIpc) is 2.87. The summed E-state index contributed by atoms with van der Waals surface area (Å²) >= 11 is 0. The van der Waals surface area contributed by atoms with Crippen molar-refractivity contribution in [2.45, 2.75) is 38.5 Å². The largest absolute Gasteiger partial charge is 0.465 e. The quantitative estimate of drug-likeness (QED) is 0.646. The molecule has 3 rings (SSSR count). The first kappa shape index (κ1) is 14.8. The summed E-state index contributed by atoms with van der Waals surface area (Å²) in [5.74, 6) is -0.143. The van der Waals surface area contributed by atoms with Gasteiger partial charge in [0.25, 0.3) is 0 Å². The lowest BCUT2D eigenvalue weighted by atomic mass is 9.71. The predicted octanol–water partition coefficient (Wildman–Crippen LogP) is 2.82. The van der Waals surface area contributed by atoms with E-state index in [4.69, 9.17) is 4.74 Å². The molecule has 0 saturated carbocycles. The van der Waals surface area contributed by atoms with Gasteiger partial charge < -0.3 is 9.30 Å². The van der Waals surface area contributed by atoms with Gasteiger partial charge in [-0.05, 0) is 38.7 Å². The highest BCUT2D eigenvalue weighted by atomic mass is 16.5. The first-order valence-corrected chi connectivity index (χ1v) is 7.69. The molecular weight excluding hydrogens is 278 g/mol. The highest BCUT2D eigenvalue weighted by molar-refractivity contribution is 5.93. The standard InChI is InChI=1S/C17H21N3O2/c1-4-22-16(21)17(8-6-5-7-9-17)13-10-20(3)15-14(13)12(2)18-11-19-15/h5-6,10-11H,4,7-9H2,1-3H3. The van der Waals surface area contributed by atoms with Crippen molar-refractivity contribution in [1.82, 2.24) is 14.5 Å². The number of carbonyl (C=O) groups is 1. The fourth-order valence-electron chi connectivity index (χ4n) is 3.37. The van der Waals surface area contributed by atoms with Crippen molar-refractivity contribution in [2.75, 3.05) is 6.61 Å². The molecule has 0 N–H and O–H groups in total. The van der Waals surface area contributed by atoms with E-state index in [1.54, 1.807) is 6.33 Å². The SMILES string of the molecule is CCOC(=O)C1(c2cn(C)c3ncnc(C)c23)CC=CCC1. The lowest BCUT2D eigenvalue weighted by Crippen LogP contribution is -2.38. The van der Waals surface area contributed by atoms with Crippen molar-refractivity contribution < 1.29 is 9.53 Å². The highest BCUT2D eigenvalue weighted by Crippen LogP contribution is 2.42. The third-order valence-electron chi connectivity index (χ3n) is 4.50. The summed E-state index contributed by atoms with van der Waals surface area (Å²) in [6.07, 6.45) is 10.1. The number of hydrogen-bond acceptors (Lipinski definition) is 4. The summed E-state index contributed by atoms with van der Waals surface area (Å²) in [5, 5.41) is 0.980. The van der Waals surface area contributed by atoms with Crippen molar-refractivity contribution in [1.29, 1.82) is 0 Å². The summed E-state index contributed by atoms with van der Waals surface area (Å²) < 4.78 is 7.39. The van der Waals surface area contributed by atoms with E-state index >= 15 is 0 Å². The maximum Gasteiger partial charge on any atom is 0.316 e. The van der Waals surface area contributed by atoms with Crippen molar-refractivity contribution >= 4 is 17.0 Å². The molecule has 0 fully saturated rings. The van der Waals surface area contributed by atoms with Crippen molar-refractivity contribution in [3.8, 4) is 0 Å². The van der Waals surface area contributed by atoms with Gasteiger partial charge in [-0.2, -0.15) is 0 Å². The maximum atomic E-state index is 12.8. The topological polar surface area (TPSA) is 57.0 Å². The number of hydrogen-bond donors (Lipinski definition) is 0. The van der Waals surface area contributed by atoms with Gasteiger partial charge >= 0.3 is 5.97 Å². The van der Waals surface area contributed by atoms with Gasteiger partial charge in [-0.25, -0.2) is 9.97 Å². The summed E-state index contributed by atoms with van der Waals surface area (Å²) in [6, 6.07) is 0. The molecule has 0 amide bonds. The van der Waals surface area contributed by atoms with E-state index in [9.17, 15) is 4.79 Å². The molecule has 1 atom stereocenters. The Labute approximate surface area is 130 Å². The molecule has 2 aromatic rings.